The number of aromatic nitrogens is 4. The highest BCUT2D eigenvalue weighted by Crippen LogP contribution is 2.61. The molecular weight excluding hydrogens is 568 g/mol. The van der Waals surface area contributed by atoms with E-state index in [-0.39, 0.29) is 53.5 Å². The molecule has 0 aromatic carbocycles. The molecule has 9 nitrogen and oxygen atoms in total. The minimum atomic E-state index is -4.83. The van der Waals surface area contributed by atoms with Crippen LogP contribution in [-0.4, -0.2) is 61.1 Å². The number of nitrogens with two attached hydrogens (primary N) is 1. The molecule has 4 heterocycles. The molecule has 2 atom stereocenters. The average molecular weight is 603 g/mol. The zero-order chi connectivity index (χ0) is 30.8. The Hall–Kier alpha value is -3.48. The first-order chi connectivity index (χ1) is 20.1. The van der Waals surface area contributed by atoms with Crippen LogP contribution in [0, 0.1) is 24.6 Å². The van der Waals surface area contributed by atoms with E-state index in [0.717, 1.165) is 18.9 Å². The topological polar surface area (TPSA) is 119 Å². The minimum Gasteiger partial charge on any atom is -0.444 e. The van der Waals surface area contributed by atoms with Gasteiger partial charge in [0.25, 0.3) is 0 Å². The first-order valence-corrected chi connectivity index (χ1v) is 14.7. The van der Waals surface area contributed by atoms with E-state index >= 15 is 4.39 Å². The third-order valence-electron chi connectivity index (χ3n) is 9.29. The normalized spacial score (nSPS) is 24.4. The molecule has 43 heavy (non-hydrogen) atoms. The lowest BCUT2D eigenvalue weighted by molar-refractivity contribution is -0.137. The Kier molecular flexibility index (Phi) is 5.94. The Labute approximate surface area is 245 Å². The second-order valence-electron chi connectivity index (χ2n) is 13.6. The quantitative estimate of drug-likeness (QED) is 0.371. The molecule has 4 fully saturated rings. The molecule has 7 rings (SSSR count). The number of aryl methyl sites for hydroxylation is 1. The van der Waals surface area contributed by atoms with E-state index in [1.165, 1.54) is 6.92 Å². The summed E-state index contributed by atoms with van der Waals surface area (Å²) in [7, 11) is 0. The van der Waals surface area contributed by atoms with Gasteiger partial charge in [0.15, 0.2) is 5.82 Å². The van der Waals surface area contributed by atoms with Gasteiger partial charge in [-0.05, 0) is 71.3 Å². The van der Waals surface area contributed by atoms with E-state index in [4.69, 9.17) is 15.6 Å². The lowest BCUT2D eigenvalue weighted by Crippen LogP contribution is -2.36. The number of carbonyl (C=O) groups excluding carboxylic acids is 1. The summed E-state index contributed by atoms with van der Waals surface area (Å²) in [6.07, 6.45) is -2.53. The van der Waals surface area contributed by atoms with Crippen molar-refractivity contribution in [2.45, 2.75) is 82.5 Å². The van der Waals surface area contributed by atoms with Crippen LogP contribution < -0.4 is 5.73 Å². The van der Waals surface area contributed by atoms with E-state index in [2.05, 4.69) is 9.97 Å². The minimum absolute atomic E-state index is 0.0639. The number of nitrogen functional groups attached to an aromatic ring is 1. The van der Waals surface area contributed by atoms with Crippen LogP contribution in [0.5, 0.6) is 0 Å². The highest BCUT2D eigenvalue weighted by atomic mass is 19.4. The van der Waals surface area contributed by atoms with Crippen LogP contribution in [0.25, 0.3) is 22.2 Å². The fourth-order valence-corrected chi connectivity index (χ4v) is 6.87. The lowest BCUT2D eigenvalue weighted by atomic mass is 9.93. The maximum atomic E-state index is 16.8. The molecule has 0 bridgehead atoms. The van der Waals surface area contributed by atoms with Gasteiger partial charge in [-0.2, -0.15) is 18.3 Å². The molecule has 4 aliphatic rings. The number of piperidine rings is 1. The number of hydrogen-bond acceptors (Lipinski definition) is 7. The smallest absolute Gasteiger partial charge is 0.418 e. The van der Waals surface area contributed by atoms with Gasteiger partial charge in [0, 0.05) is 35.4 Å². The highest BCUT2D eigenvalue weighted by Gasteiger charge is 2.60. The summed E-state index contributed by atoms with van der Waals surface area (Å²) in [5.74, 6) is -0.945. The van der Waals surface area contributed by atoms with Crippen LogP contribution in [-0.2, 0) is 16.3 Å². The zero-order valence-corrected chi connectivity index (χ0v) is 24.4. The molecule has 0 spiro atoms. The van der Waals surface area contributed by atoms with E-state index < -0.39 is 39.8 Å². The van der Waals surface area contributed by atoms with Crippen molar-refractivity contribution < 1.29 is 32.2 Å². The Bertz CT molecular complexity index is 1660. The van der Waals surface area contributed by atoms with Crippen molar-refractivity contribution in [3.8, 4) is 11.3 Å². The molecule has 3 aromatic rings. The summed E-state index contributed by atoms with van der Waals surface area (Å²) in [6.45, 7) is 7.30. The SMILES string of the molecule is Cc1nc(N)cc(-c2nc(C3(CO)CC3)c3c(C4C5CN(C(=O)OC(C)(C)C)CC54)nn(C4CC4)c3c2F)c1C(F)(F)F. The number of amides is 1. The van der Waals surface area contributed by atoms with E-state index in [0.29, 0.717) is 42.7 Å². The van der Waals surface area contributed by atoms with Crippen LogP contribution in [0.15, 0.2) is 6.07 Å². The molecule has 3 aliphatic carbocycles. The number of ether oxygens (including phenoxy) is 1. The van der Waals surface area contributed by atoms with Crippen LogP contribution >= 0.6 is 0 Å². The van der Waals surface area contributed by atoms with Crippen molar-refractivity contribution in [3.63, 3.8) is 0 Å². The number of rotatable bonds is 5. The first kappa shape index (κ1) is 28.3. The van der Waals surface area contributed by atoms with Crippen LogP contribution in [0.1, 0.15) is 81.1 Å². The molecule has 3 N–H and O–H groups in total. The average Bonchev–Trinajstić information content (AvgIpc) is 3.86. The molecular formula is C30H34F4N6O3. The summed E-state index contributed by atoms with van der Waals surface area (Å²) >= 11 is 0. The van der Waals surface area contributed by atoms with Gasteiger partial charge in [-0.15, -0.1) is 0 Å². The monoisotopic (exact) mass is 602 g/mol. The molecule has 0 radical (unpaired) electrons. The maximum Gasteiger partial charge on any atom is 0.418 e. The van der Waals surface area contributed by atoms with E-state index in [9.17, 15) is 23.1 Å². The number of hydrogen-bond donors (Lipinski definition) is 2. The Morgan fingerprint density at radius 3 is 2.35 bits per heavy atom. The Morgan fingerprint density at radius 1 is 1.16 bits per heavy atom. The highest BCUT2D eigenvalue weighted by molar-refractivity contribution is 5.91. The number of fused-ring (bicyclic) bond motifs is 2. The predicted molar refractivity (Wildman–Crippen MR) is 149 cm³/mol. The zero-order valence-electron chi connectivity index (χ0n) is 24.4. The molecule has 13 heteroatoms. The molecule has 1 aliphatic heterocycles. The number of likely N-dealkylation sites (tertiary alicyclic amines) is 1. The molecule has 230 valence electrons. The van der Waals surface area contributed by atoms with Crippen LogP contribution in [0.2, 0.25) is 0 Å². The number of alkyl halides is 3. The van der Waals surface area contributed by atoms with E-state index in [1.807, 2.05) is 20.8 Å². The van der Waals surface area contributed by atoms with Crippen molar-refractivity contribution in [1.82, 2.24) is 24.6 Å². The van der Waals surface area contributed by atoms with Crippen molar-refractivity contribution in [1.29, 1.82) is 0 Å². The number of anilines is 1. The summed E-state index contributed by atoms with van der Waals surface area (Å²) in [5, 5.41) is 15.9. The van der Waals surface area contributed by atoms with Crippen molar-refractivity contribution in [2.24, 2.45) is 11.8 Å². The molecule has 3 saturated carbocycles. The number of aliphatic hydroxyl groups excluding tert-OH is 1. The maximum absolute atomic E-state index is 16.8. The molecule has 1 saturated heterocycles. The van der Waals surface area contributed by atoms with Gasteiger partial charge in [0.1, 0.15) is 22.6 Å². The van der Waals surface area contributed by atoms with Gasteiger partial charge in [-0.1, -0.05) is 0 Å². The summed E-state index contributed by atoms with van der Waals surface area (Å²) in [6, 6.07) is 0.936. The second-order valence-corrected chi connectivity index (χ2v) is 13.6. The van der Waals surface area contributed by atoms with Gasteiger partial charge in [-0.3, -0.25) is 4.68 Å². The number of nitrogens with zero attached hydrogens (tertiary/aromatic N) is 5. The van der Waals surface area contributed by atoms with Crippen molar-refractivity contribution in [3.05, 3.63) is 34.5 Å². The molecule has 3 aromatic heterocycles. The van der Waals surface area contributed by atoms with Crippen LogP contribution in [0.4, 0.5) is 28.2 Å². The number of pyridine rings is 2. The number of halogens is 4. The first-order valence-electron chi connectivity index (χ1n) is 14.7. The number of aliphatic hydroxyl groups is 1. The second kappa shape index (κ2) is 9.02. The summed E-state index contributed by atoms with van der Waals surface area (Å²) in [4.78, 5) is 22.8. The van der Waals surface area contributed by atoms with Gasteiger partial charge in [-0.25, -0.2) is 19.2 Å². The third kappa shape index (κ3) is 4.53. The molecule has 1 amide bonds. The van der Waals surface area contributed by atoms with Gasteiger partial charge < -0.3 is 20.5 Å². The Balaban J connectivity index is 1.39. The fourth-order valence-electron chi connectivity index (χ4n) is 6.87. The standard InChI is InChI=1S/C30H34F4N6O3/c1-13-21(30(32,33)34)15(9-18(35)36-13)23-22(31)25-20(26(37-23)29(12-41)7-8-29)24(38-40(25)14-5-6-14)19-16-10-39(11-17(16)19)27(42)43-28(2,3)4/h9,14,16-17,19,41H,5-8,10-12H2,1-4H3,(H2,35,36). The van der Waals surface area contributed by atoms with Crippen molar-refractivity contribution in [2.75, 3.05) is 25.4 Å². The third-order valence-corrected chi connectivity index (χ3v) is 9.29. The van der Waals surface area contributed by atoms with Gasteiger partial charge in [0.2, 0.25) is 0 Å². The largest absolute Gasteiger partial charge is 0.444 e. The van der Waals surface area contributed by atoms with Crippen LogP contribution in [0.3, 0.4) is 0 Å². The summed E-state index contributed by atoms with van der Waals surface area (Å²) < 4.78 is 66.8. The fraction of sp³-hybridized carbons (Fsp3) is 0.600. The van der Waals surface area contributed by atoms with Crippen molar-refractivity contribution >= 4 is 22.8 Å². The number of carbonyl (C=O) groups is 1. The van der Waals surface area contributed by atoms with Gasteiger partial charge >= 0.3 is 12.3 Å². The lowest BCUT2D eigenvalue weighted by Gasteiger charge is -2.25. The Morgan fingerprint density at radius 2 is 1.81 bits per heavy atom. The van der Waals surface area contributed by atoms with Gasteiger partial charge in [0.05, 0.1) is 35.3 Å². The molecule has 2 unspecified atom stereocenters. The predicted octanol–water partition coefficient (Wildman–Crippen LogP) is 5.48. The van der Waals surface area contributed by atoms with E-state index in [1.54, 1.807) is 9.58 Å². The summed E-state index contributed by atoms with van der Waals surface area (Å²) in [5.41, 5.74) is 3.18.